The van der Waals surface area contributed by atoms with E-state index in [-0.39, 0.29) is 37.1 Å². The molecule has 0 spiro atoms. The van der Waals surface area contributed by atoms with Crippen LogP contribution < -0.4 is 19.5 Å². The van der Waals surface area contributed by atoms with Gasteiger partial charge in [-0.1, -0.05) is 24.3 Å². The summed E-state index contributed by atoms with van der Waals surface area (Å²) in [5.41, 5.74) is 2.72. The monoisotopic (exact) mass is 469 g/mol. The molecule has 5 rings (SSSR count). The number of hydrogen-bond donors (Lipinski definition) is 3. The van der Waals surface area contributed by atoms with Gasteiger partial charge in [-0.3, -0.25) is 4.79 Å². The zero-order valence-electron chi connectivity index (χ0n) is 19.6. The average Bonchev–Trinajstić information content (AvgIpc) is 3.12. The molecule has 1 fully saturated rings. The Morgan fingerprint density at radius 3 is 2.82 bits per heavy atom. The zero-order chi connectivity index (χ0) is 24.0. The van der Waals surface area contributed by atoms with Crippen LogP contribution in [0.25, 0.3) is 0 Å². The SMILES string of the molecule is C[C@@H](OCC(O)CNC(C)(C)Cc1ccc2c(c1)OCO2)c1cccc2c1O[C@@H]1[C@@H](C(=O)O)[C@H]21. The van der Waals surface area contributed by atoms with Crippen LogP contribution in [0, 0.1) is 5.92 Å². The van der Waals surface area contributed by atoms with Crippen molar-refractivity contribution in [3.05, 3.63) is 53.1 Å². The Balaban J connectivity index is 1.11. The minimum Gasteiger partial charge on any atom is -0.488 e. The number of nitrogens with one attached hydrogen (secondary N) is 1. The van der Waals surface area contributed by atoms with Gasteiger partial charge in [0, 0.05) is 29.1 Å². The molecule has 8 nitrogen and oxygen atoms in total. The van der Waals surface area contributed by atoms with Crippen molar-refractivity contribution in [1.29, 1.82) is 0 Å². The van der Waals surface area contributed by atoms with Crippen LogP contribution in [0.3, 0.4) is 0 Å². The van der Waals surface area contributed by atoms with Crippen LogP contribution in [-0.4, -0.2) is 53.9 Å². The fourth-order valence-corrected chi connectivity index (χ4v) is 4.94. The van der Waals surface area contributed by atoms with Gasteiger partial charge in [0.25, 0.3) is 0 Å². The van der Waals surface area contributed by atoms with Crippen LogP contribution in [-0.2, 0) is 16.0 Å². The van der Waals surface area contributed by atoms with E-state index in [4.69, 9.17) is 18.9 Å². The predicted molar refractivity (Wildman–Crippen MR) is 123 cm³/mol. The van der Waals surface area contributed by atoms with Crippen LogP contribution in [0.2, 0.25) is 0 Å². The molecule has 0 radical (unpaired) electrons. The summed E-state index contributed by atoms with van der Waals surface area (Å²) in [6, 6.07) is 11.7. The maximum atomic E-state index is 11.3. The molecule has 0 aromatic heterocycles. The van der Waals surface area contributed by atoms with Crippen molar-refractivity contribution in [3.8, 4) is 17.2 Å². The van der Waals surface area contributed by atoms with E-state index in [1.54, 1.807) is 0 Å². The Morgan fingerprint density at radius 1 is 1.24 bits per heavy atom. The van der Waals surface area contributed by atoms with Gasteiger partial charge in [-0.2, -0.15) is 0 Å². The number of aliphatic carboxylic acids is 1. The number of para-hydroxylation sites is 1. The van der Waals surface area contributed by atoms with Crippen LogP contribution in [0.15, 0.2) is 36.4 Å². The van der Waals surface area contributed by atoms with Gasteiger partial charge < -0.3 is 34.5 Å². The lowest BCUT2D eigenvalue weighted by molar-refractivity contribution is -0.139. The Labute approximate surface area is 198 Å². The van der Waals surface area contributed by atoms with Crippen LogP contribution in [0.5, 0.6) is 17.2 Å². The number of ether oxygens (including phenoxy) is 4. The molecule has 34 heavy (non-hydrogen) atoms. The van der Waals surface area contributed by atoms with E-state index in [1.807, 2.05) is 43.3 Å². The average molecular weight is 470 g/mol. The largest absolute Gasteiger partial charge is 0.488 e. The summed E-state index contributed by atoms with van der Waals surface area (Å²) < 4.78 is 22.7. The fourth-order valence-electron chi connectivity index (χ4n) is 4.94. The van der Waals surface area contributed by atoms with Gasteiger partial charge in [0.1, 0.15) is 17.8 Å². The maximum Gasteiger partial charge on any atom is 0.311 e. The molecule has 1 aliphatic carbocycles. The standard InChI is InChI=1S/C26H31NO7/c1-14(17-5-4-6-18-21-22(25(29)30)24(21)34-23(17)18)31-12-16(28)11-27-26(2,3)10-15-7-8-19-20(9-15)33-13-32-19/h4-9,14,16,21-22,24,27-28H,10-13H2,1-3H3,(H,29,30)/t14-,16?,21+,22+,24+/m1/s1. The Hall–Kier alpha value is -2.81. The smallest absolute Gasteiger partial charge is 0.311 e. The number of carbonyl (C=O) groups is 1. The fraction of sp³-hybridized carbons (Fsp3) is 0.500. The van der Waals surface area contributed by atoms with Crippen molar-refractivity contribution >= 4 is 5.97 Å². The van der Waals surface area contributed by atoms with E-state index in [0.29, 0.717) is 6.54 Å². The second-order valence-corrected chi connectivity index (χ2v) is 10.00. The predicted octanol–water partition coefficient (Wildman–Crippen LogP) is 3.02. The Morgan fingerprint density at radius 2 is 2.03 bits per heavy atom. The molecule has 8 heteroatoms. The molecule has 2 aromatic rings. The molecule has 3 N–H and O–H groups in total. The summed E-state index contributed by atoms with van der Waals surface area (Å²) in [5.74, 6) is 0.939. The Kier molecular flexibility index (Phi) is 5.91. The van der Waals surface area contributed by atoms with Crippen molar-refractivity contribution in [1.82, 2.24) is 5.32 Å². The minimum absolute atomic E-state index is 0.0681. The number of β-amino-alcohol motifs (C(OH)–C–C–N with tert-alkyl or cyclic N) is 1. The molecule has 0 saturated heterocycles. The van der Waals surface area contributed by atoms with E-state index in [9.17, 15) is 15.0 Å². The summed E-state index contributed by atoms with van der Waals surface area (Å²) in [4.78, 5) is 11.3. The molecular formula is C26H31NO7. The molecule has 1 unspecified atom stereocenters. The molecule has 3 aliphatic rings. The third-order valence-corrected chi connectivity index (χ3v) is 6.80. The number of fused-ring (bicyclic) bond motifs is 4. The zero-order valence-corrected chi connectivity index (χ0v) is 19.6. The van der Waals surface area contributed by atoms with E-state index < -0.39 is 18.0 Å². The van der Waals surface area contributed by atoms with Crippen LogP contribution in [0.1, 0.15) is 49.5 Å². The molecular weight excluding hydrogens is 438 g/mol. The second kappa shape index (κ2) is 8.76. The van der Waals surface area contributed by atoms with Gasteiger partial charge in [-0.15, -0.1) is 0 Å². The first-order chi connectivity index (χ1) is 16.2. The number of carboxylic acid groups (broad SMARTS) is 1. The molecule has 2 aromatic carbocycles. The second-order valence-electron chi connectivity index (χ2n) is 10.00. The normalized spacial score (nSPS) is 23.6. The van der Waals surface area contributed by atoms with E-state index in [1.165, 1.54) is 0 Å². The van der Waals surface area contributed by atoms with Crippen LogP contribution in [0.4, 0.5) is 0 Å². The van der Waals surface area contributed by atoms with Crippen molar-refractivity contribution in [3.63, 3.8) is 0 Å². The lowest BCUT2D eigenvalue weighted by Crippen LogP contribution is -2.46. The highest BCUT2D eigenvalue weighted by molar-refractivity contribution is 5.79. The van der Waals surface area contributed by atoms with Gasteiger partial charge in [0.05, 0.1) is 18.8 Å². The van der Waals surface area contributed by atoms with E-state index in [2.05, 4.69) is 19.2 Å². The maximum absolute atomic E-state index is 11.3. The summed E-state index contributed by atoms with van der Waals surface area (Å²) >= 11 is 0. The van der Waals surface area contributed by atoms with Gasteiger partial charge in [0.15, 0.2) is 11.5 Å². The highest BCUT2D eigenvalue weighted by Crippen LogP contribution is 2.59. The topological polar surface area (TPSA) is 106 Å². The van der Waals surface area contributed by atoms with E-state index >= 15 is 0 Å². The van der Waals surface area contributed by atoms with E-state index in [0.717, 1.165) is 40.4 Å². The van der Waals surface area contributed by atoms with Crippen LogP contribution >= 0.6 is 0 Å². The van der Waals surface area contributed by atoms with Crippen molar-refractivity contribution in [2.24, 2.45) is 5.92 Å². The minimum atomic E-state index is -0.813. The highest BCUT2D eigenvalue weighted by atomic mass is 16.7. The first kappa shape index (κ1) is 23.0. The molecule has 2 aliphatic heterocycles. The molecule has 0 amide bonds. The summed E-state index contributed by atoms with van der Waals surface area (Å²) in [5, 5.41) is 23.2. The molecule has 1 saturated carbocycles. The number of aliphatic hydroxyl groups is 1. The quantitative estimate of drug-likeness (QED) is 0.488. The van der Waals surface area contributed by atoms with Gasteiger partial charge >= 0.3 is 5.97 Å². The first-order valence-electron chi connectivity index (χ1n) is 11.7. The van der Waals surface area contributed by atoms with Crippen molar-refractivity contribution < 1.29 is 34.0 Å². The number of benzene rings is 2. The lowest BCUT2D eigenvalue weighted by Gasteiger charge is -2.28. The first-order valence-corrected chi connectivity index (χ1v) is 11.7. The third-order valence-electron chi connectivity index (χ3n) is 6.80. The Bertz CT molecular complexity index is 1080. The van der Waals surface area contributed by atoms with Crippen molar-refractivity contribution in [2.75, 3.05) is 19.9 Å². The molecule has 2 heterocycles. The van der Waals surface area contributed by atoms with Crippen molar-refractivity contribution in [2.45, 2.75) is 57.0 Å². The summed E-state index contributed by atoms with van der Waals surface area (Å²) in [7, 11) is 0. The van der Waals surface area contributed by atoms with Gasteiger partial charge in [0.2, 0.25) is 6.79 Å². The molecule has 0 bridgehead atoms. The highest BCUT2D eigenvalue weighted by Gasteiger charge is 2.63. The number of aliphatic hydroxyl groups excluding tert-OH is 1. The lowest BCUT2D eigenvalue weighted by atomic mass is 9.94. The van der Waals surface area contributed by atoms with Gasteiger partial charge in [-0.05, 0) is 44.9 Å². The third kappa shape index (κ3) is 4.45. The summed E-state index contributed by atoms with van der Waals surface area (Å²) in [6.07, 6.45) is -0.476. The number of carboxylic acids is 1. The number of hydrogen-bond acceptors (Lipinski definition) is 7. The number of rotatable bonds is 10. The molecule has 182 valence electrons. The molecule has 5 atom stereocenters. The van der Waals surface area contributed by atoms with Gasteiger partial charge in [-0.25, -0.2) is 0 Å². The summed E-state index contributed by atoms with van der Waals surface area (Å²) in [6.45, 7) is 6.91.